The highest BCUT2D eigenvalue weighted by Crippen LogP contribution is 2.19. The monoisotopic (exact) mass is 302 g/mol. The number of aryl methyl sites for hydroxylation is 1. The summed E-state index contributed by atoms with van der Waals surface area (Å²) in [6.07, 6.45) is 3.84. The maximum Gasteiger partial charge on any atom is 0.226 e. The van der Waals surface area contributed by atoms with Crippen molar-refractivity contribution in [3.8, 4) is 11.8 Å². The van der Waals surface area contributed by atoms with Crippen LogP contribution in [0.5, 0.6) is 0 Å². The minimum absolute atomic E-state index is 0.0921. The summed E-state index contributed by atoms with van der Waals surface area (Å²) in [5, 5.41) is 7.39. The Balaban J connectivity index is 1.97. The summed E-state index contributed by atoms with van der Waals surface area (Å²) >= 11 is 6.03. The Labute approximate surface area is 128 Å². The average molecular weight is 303 g/mol. The van der Waals surface area contributed by atoms with Crippen LogP contribution in [0, 0.1) is 11.8 Å². The van der Waals surface area contributed by atoms with Crippen LogP contribution < -0.4 is 11.1 Å². The van der Waals surface area contributed by atoms with E-state index >= 15 is 0 Å². The van der Waals surface area contributed by atoms with Crippen LogP contribution in [0.25, 0.3) is 0 Å². The number of amides is 1. The van der Waals surface area contributed by atoms with Gasteiger partial charge in [0.2, 0.25) is 5.91 Å². The molecule has 108 valence electrons. The molecule has 2 rings (SSSR count). The van der Waals surface area contributed by atoms with Crippen LogP contribution in [0.3, 0.4) is 0 Å². The van der Waals surface area contributed by atoms with E-state index in [2.05, 4.69) is 22.3 Å². The summed E-state index contributed by atoms with van der Waals surface area (Å²) in [6, 6.07) is 6.99. The van der Waals surface area contributed by atoms with Gasteiger partial charge < -0.3 is 11.1 Å². The van der Waals surface area contributed by atoms with Crippen LogP contribution in [-0.2, 0) is 11.3 Å². The van der Waals surface area contributed by atoms with E-state index in [0.717, 1.165) is 0 Å². The molecular formula is C15H15ClN4O. The summed E-state index contributed by atoms with van der Waals surface area (Å²) in [4.78, 5) is 11.9. The molecule has 1 aromatic heterocycles. The summed E-state index contributed by atoms with van der Waals surface area (Å²) in [6.45, 7) is 0.795. The van der Waals surface area contributed by atoms with Crippen molar-refractivity contribution in [3.63, 3.8) is 0 Å². The molecule has 0 atom stereocenters. The lowest BCUT2D eigenvalue weighted by Gasteiger charge is -2.07. The van der Waals surface area contributed by atoms with Crippen molar-refractivity contribution in [2.75, 3.05) is 11.9 Å². The highest BCUT2D eigenvalue weighted by atomic mass is 35.5. The Morgan fingerprint density at radius 1 is 1.48 bits per heavy atom. The van der Waals surface area contributed by atoms with Crippen molar-refractivity contribution in [3.05, 3.63) is 47.2 Å². The molecule has 5 nitrogen and oxygen atoms in total. The van der Waals surface area contributed by atoms with Crippen LogP contribution in [0.4, 0.5) is 5.69 Å². The van der Waals surface area contributed by atoms with Gasteiger partial charge in [0.25, 0.3) is 0 Å². The zero-order valence-electron chi connectivity index (χ0n) is 11.3. The summed E-state index contributed by atoms with van der Waals surface area (Å²) in [5.41, 5.74) is 6.64. The van der Waals surface area contributed by atoms with E-state index in [1.165, 1.54) is 0 Å². The summed E-state index contributed by atoms with van der Waals surface area (Å²) in [5.74, 6) is 5.51. The smallest absolute Gasteiger partial charge is 0.226 e. The molecule has 0 aliphatic heterocycles. The number of nitrogens with zero attached hydrogens (tertiary/aromatic N) is 2. The topological polar surface area (TPSA) is 72.9 Å². The van der Waals surface area contributed by atoms with Crippen molar-refractivity contribution in [1.29, 1.82) is 0 Å². The maximum absolute atomic E-state index is 11.9. The first-order valence-corrected chi connectivity index (χ1v) is 6.82. The second kappa shape index (κ2) is 7.48. The first-order chi connectivity index (χ1) is 10.2. The van der Waals surface area contributed by atoms with E-state index < -0.39 is 0 Å². The van der Waals surface area contributed by atoms with Crippen LogP contribution in [-0.4, -0.2) is 22.2 Å². The molecule has 0 unspecified atom stereocenters. The number of carbonyl (C=O) groups excluding carboxylic acids is 1. The van der Waals surface area contributed by atoms with Gasteiger partial charge in [-0.1, -0.05) is 23.4 Å². The van der Waals surface area contributed by atoms with Gasteiger partial charge in [-0.3, -0.25) is 9.48 Å². The number of aromatic nitrogens is 2. The van der Waals surface area contributed by atoms with Gasteiger partial charge in [-0.25, -0.2) is 0 Å². The number of nitrogens with one attached hydrogen (secondary N) is 1. The van der Waals surface area contributed by atoms with Gasteiger partial charge in [-0.15, -0.1) is 0 Å². The molecule has 0 spiro atoms. The van der Waals surface area contributed by atoms with Crippen molar-refractivity contribution in [2.24, 2.45) is 5.73 Å². The third-order valence-corrected chi connectivity index (χ3v) is 3.03. The molecule has 0 bridgehead atoms. The molecule has 0 aliphatic carbocycles. The Hall–Kier alpha value is -2.29. The van der Waals surface area contributed by atoms with Gasteiger partial charge >= 0.3 is 0 Å². The van der Waals surface area contributed by atoms with Crippen molar-refractivity contribution in [1.82, 2.24) is 9.78 Å². The Kier molecular flexibility index (Phi) is 5.38. The predicted octanol–water partition coefficient (Wildman–Crippen LogP) is 1.88. The fourth-order valence-electron chi connectivity index (χ4n) is 1.72. The van der Waals surface area contributed by atoms with Gasteiger partial charge in [-0.2, -0.15) is 5.10 Å². The van der Waals surface area contributed by atoms with Gasteiger partial charge in [0.05, 0.1) is 11.6 Å². The number of anilines is 1. The van der Waals surface area contributed by atoms with E-state index in [0.29, 0.717) is 29.2 Å². The van der Waals surface area contributed by atoms with Crippen LogP contribution >= 0.6 is 11.6 Å². The van der Waals surface area contributed by atoms with Crippen LogP contribution in [0.1, 0.15) is 12.0 Å². The fourth-order valence-corrected chi connectivity index (χ4v) is 1.88. The van der Waals surface area contributed by atoms with Crippen LogP contribution in [0.2, 0.25) is 5.02 Å². The van der Waals surface area contributed by atoms with E-state index in [1.54, 1.807) is 29.1 Å². The number of halogens is 1. The second-order valence-corrected chi connectivity index (χ2v) is 4.68. The number of hydrogen-bond acceptors (Lipinski definition) is 3. The number of benzene rings is 1. The molecule has 3 N–H and O–H groups in total. The number of carbonyl (C=O) groups is 1. The minimum Gasteiger partial charge on any atom is -0.326 e. The molecule has 0 aliphatic rings. The third-order valence-electron chi connectivity index (χ3n) is 2.70. The summed E-state index contributed by atoms with van der Waals surface area (Å²) < 4.78 is 1.71. The first-order valence-electron chi connectivity index (χ1n) is 6.45. The molecule has 0 saturated heterocycles. The molecule has 2 aromatic rings. The fraction of sp³-hybridized carbons (Fsp3) is 0.200. The highest BCUT2D eigenvalue weighted by Gasteiger charge is 2.05. The van der Waals surface area contributed by atoms with E-state index in [-0.39, 0.29) is 12.5 Å². The second-order valence-electron chi connectivity index (χ2n) is 4.27. The molecule has 0 fully saturated rings. The molecule has 1 aromatic carbocycles. The quantitative estimate of drug-likeness (QED) is 0.847. The molecule has 0 saturated carbocycles. The van der Waals surface area contributed by atoms with Gasteiger partial charge in [0.1, 0.15) is 0 Å². The Bertz CT molecular complexity index is 671. The average Bonchev–Trinajstić information content (AvgIpc) is 2.99. The predicted molar refractivity (Wildman–Crippen MR) is 82.9 cm³/mol. The lowest BCUT2D eigenvalue weighted by molar-refractivity contribution is -0.116. The number of hydrogen-bond donors (Lipinski definition) is 2. The molecule has 21 heavy (non-hydrogen) atoms. The number of rotatable bonds is 4. The molecule has 0 radical (unpaired) electrons. The SMILES string of the molecule is NCC#Cc1cc(NC(=O)CCn2cccn2)ccc1Cl. The Morgan fingerprint density at radius 2 is 2.33 bits per heavy atom. The molecular weight excluding hydrogens is 288 g/mol. The number of nitrogens with two attached hydrogens (primary N) is 1. The lowest BCUT2D eigenvalue weighted by Crippen LogP contribution is -2.14. The largest absolute Gasteiger partial charge is 0.326 e. The van der Waals surface area contributed by atoms with E-state index in [4.69, 9.17) is 17.3 Å². The van der Waals surface area contributed by atoms with Crippen molar-refractivity contribution < 1.29 is 4.79 Å². The zero-order chi connectivity index (χ0) is 15.1. The van der Waals surface area contributed by atoms with Gasteiger partial charge in [0, 0.05) is 36.6 Å². The zero-order valence-corrected chi connectivity index (χ0v) is 12.1. The molecule has 6 heteroatoms. The normalized spacial score (nSPS) is 9.81. The molecule has 1 amide bonds. The molecule has 1 heterocycles. The van der Waals surface area contributed by atoms with Crippen molar-refractivity contribution >= 4 is 23.2 Å². The minimum atomic E-state index is -0.0921. The van der Waals surface area contributed by atoms with Gasteiger partial charge in [0.15, 0.2) is 0 Å². The van der Waals surface area contributed by atoms with E-state index in [1.807, 2.05) is 12.3 Å². The van der Waals surface area contributed by atoms with Crippen molar-refractivity contribution in [2.45, 2.75) is 13.0 Å². The highest BCUT2D eigenvalue weighted by molar-refractivity contribution is 6.31. The lowest BCUT2D eigenvalue weighted by atomic mass is 10.2. The standard InChI is InChI=1S/C15H15ClN4O/c16-14-5-4-13(11-12(14)3-1-7-17)19-15(21)6-10-20-9-2-8-18-20/h2,4-5,8-9,11H,6-7,10,17H2,(H,19,21). The van der Waals surface area contributed by atoms with Gasteiger partial charge in [-0.05, 0) is 24.3 Å². The van der Waals surface area contributed by atoms with E-state index in [9.17, 15) is 4.79 Å². The third kappa shape index (κ3) is 4.63. The summed E-state index contributed by atoms with van der Waals surface area (Å²) in [7, 11) is 0. The Morgan fingerprint density at radius 3 is 3.05 bits per heavy atom. The van der Waals surface area contributed by atoms with Crippen LogP contribution in [0.15, 0.2) is 36.7 Å². The maximum atomic E-state index is 11.9. The first kappa shape index (κ1) is 15.1.